The zero-order chi connectivity index (χ0) is 14.2. The molecule has 0 amide bonds. The van der Waals surface area contributed by atoms with E-state index >= 15 is 0 Å². The first kappa shape index (κ1) is 13.1. The highest BCUT2D eigenvalue weighted by atomic mass is 16.6. The van der Waals surface area contributed by atoms with Crippen LogP contribution in [0.5, 0.6) is 0 Å². The molecule has 2 aromatic rings. The Labute approximate surface area is 110 Å². The van der Waals surface area contributed by atoms with Gasteiger partial charge in [-0.1, -0.05) is 0 Å². The van der Waals surface area contributed by atoms with Gasteiger partial charge in [0.25, 0.3) is 0 Å². The highest BCUT2D eigenvalue weighted by Crippen LogP contribution is 2.24. The summed E-state index contributed by atoms with van der Waals surface area (Å²) in [5.41, 5.74) is 1.90. The lowest BCUT2D eigenvalue weighted by molar-refractivity contribution is -0.388. The molecule has 0 aliphatic rings. The van der Waals surface area contributed by atoms with Gasteiger partial charge in [0.2, 0.25) is 11.6 Å². The topological polar surface area (TPSA) is 90.8 Å². The maximum Gasteiger partial charge on any atom is 0.406 e. The van der Waals surface area contributed by atoms with Gasteiger partial charge in [-0.2, -0.15) is 5.10 Å². The predicted molar refractivity (Wildman–Crippen MR) is 69.9 cm³/mol. The minimum Gasteiger partial charge on any atom is -0.360 e. The van der Waals surface area contributed by atoms with Crippen LogP contribution in [0.4, 0.5) is 11.6 Å². The van der Waals surface area contributed by atoms with Gasteiger partial charge in [0.05, 0.1) is 5.69 Å². The van der Waals surface area contributed by atoms with E-state index in [1.807, 2.05) is 20.2 Å². The zero-order valence-electron chi connectivity index (χ0n) is 11.3. The van der Waals surface area contributed by atoms with Crippen LogP contribution in [0.2, 0.25) is 0 Å². The summed E-state index contributed by atoms with van der Waals surface area (Å²) in [4.78, 5) is 14.4. The monoisotopic (exact) mass is 264 g/mol. The van der Waals surface area contributed by atoms with Gasteiger partial charge in [-0.3, -0.25) is 9.25 Å². The van der Waals surface area contributed by atoms with Crippen molar-refractivity contribution in [3.05, 3.63) is 33.4 Å². The van der Waals surface area contributed by atoms with E-state index in [4.69, 9.17) is 0 Å². The molecule has 0 saturated carbocycles. The maximum absolute atomic E-state index is 10.9. The van der Waals surface area contributed by atoms with Gasteiger partial charge >= 0.3 is 5.82 Å². The second-order valence-electron chi connectivity index (χ2n) is 4.41. The molecular weight excluding hydrogens is 248 g/mol. The Morgan fingerprint density at radius 3 is 2.63 bits per heavy atom. The molecular formula is C11H16N6O2. The summed E-state index contributed by atoms with van der Waals surface area (Å²) in [7, 11) is 3.58. The van der Waals surface area contributed by atoms with Crippen molar-refractivity contribution >= 4 is 11.6 Å². The maximum atomic E-state index is 10.9. The molecule has 0 spiro atoms. The van der Waals surface area contributed by atoms with Crippen LogP contribution in [0.25, 0.3) is 0 Å². The smallest absolute Gasteiger partial charge is 0.360 e. The summed E-state index contributed by atoms with van der Waals surface area (Å²) < 4.78 is 3.39. The third kappa shape index (κ3) is 2.42. The molecule has 0 unspecified atom stereocenters. The molecule has 2 aromatic heterocycles. The van der Waals surface area contributed by atoms with Crippen LogP contribution >= 0.6 is 0 Å². The molecule has 0 fully saturated rings. The van der Waals surface area contributed by atoms with Crippen molar-refractivity contribution in [1.82, 2.24) is 19.3 Å². The van der Waals surface area contributed by atoms with Crippen molar-refractivity contribution < 1.29 is 4.92 Å². The summed E-state index contributed by atoms with van der Waals surface area (Å²) in [6, 6.07) is 0. The van der Waals surface area contributed by atoms with E-state index in [9.17, 15) is 10.1 Å². The van der Waals surface area contributed by atoms with Gasteiger partial charge in [0, 0.05) is 39.3 Å². The summed E-state index contributed by atoms with van der Waals surface area (Å²) in [5.74, 6) is 0.851. The summed E-state index contributed by atoms with van der Waals surface area (Å²) in [5, 5.41) is 18.2. The number of rotatable bonds is 4. The van der Waals surface area contributed by atoms with Crippen molar-refractivity contribution in [2.45, 2.75) is 20.4 Å². The molecule has 1 N–H and O–H groups in total. The number of anilines is 1. The minimum absolute atomic E-state index is 0.151. The van der Waals surface area contributed by atoms with E-state index in [0.717, 1.165) is 11.3 Å². The van der Waals surface area contributed by atoms with Crippen LogP contribution in [0, 0.1) is 24.0 Å². The van der Waals surface area contributed by atoms with Crippen LogP contribution in [0.3, 0.4) is 0 Å². The normalized spacial score (nSPS) is 10.7. The van der Waals surface area contributed by atoms with Gasteiger partial charge in [-0.05, 0) is 16.8 Å². The Bertz CT molecular complexity index is 627. The molecule has 0 aromatic carbocycles. The lowest BCUT2D eigenvalue weighted by Crippen LogP contribution is -2.06. The zero-order valence-corrected chi connectivity index (χ0v) is 11.3. The minimum atomic E-state index is -0.481. The van der Waals surface area contributed by atoms with E-state index in [0.29, 0.717) is 18.2 Å². The first-order valence-electron chi connectivity index (χ1n) is 5.81. The number of hydrogen-bond donors (Lipinski definition) is 1. The second-order valence-corrected chi connectivity index (χ2v) is 4.41. The third-order valence-corrected chi connectivity index (χ3v) is 3.03. The van der Waals surface area contributed by atoms with Crippen molar-refractivity contribution in [2.24, 2.45) is 14.1 Å². The molecule has 102 valence electrons. The predicted octanol–water partition coefficient (Wildman–Crippen LogP) is 1.29. The summed E-state index contributed by atoms with van der Waals surface area (Å²) >= 11 is 0. The first-order chi connectivity index (χ1) is 8.90. The molecule has 19 heavy (non-hydrogen) atoms. The average molecular weight is 264 g/mol. The van der Waals surface area contributed by atoms with Crippen LogP contribution < -0.4 is 5.32 Å². The molecule has 0 aliphatic carbocycles. The standard InChI is InChI=1S/C11H16N6O2/c1-7-9(6-15(3)14-7)5-12-10-11(17(18)19)13-8(2)16(10)4/h6,12H,5H2,1-4H3. The Balaban J connectivity index is 2.24. The van der Waals surface area contributed by atoms with E-state index in [1.54, 1.807) is 23.2 Å². The first-order valence-corrected chi connectivity index (χ1v) is 5.81. The van der Waals surface area contributed by atoms with E-state index in [2.05, 4.69) is 15.4 Å². The van der Waals surface area contributed by atoms with E-state index < -0.39 is 4.92 Å². The molecule has 2 heterocycles. The molecule has 8 nitrogen and oxygen atoms in total. The molecule has 0 atom stereocenters. The average Bonchev–Trinajstić information content (AvgIpc) is 2.79. The van der Waals surface area contributed by atoms with E-state index in [1.165, 1.54) is 0 Å². The number of nitrogens with zero attached hydrogens (tertiary/aromatic N) is 5. The number of aromatic nitrogens is 4. The SMILES string of the molecule is Cc1nn(C)cc1CNc1c([N+](=O)[O-])nc(C)n1C. The van der Waals surface area contributed by atoms with Gasteiger partial charge in [0.15, 0.2) is 0 Å². The van der Waals surface area contributed by atoms with Gasteiger partial charge in [-0.15, -0.1) is 0 Å². The van der Waals surface area contributed by atoms with Crippen molar-refractivity contribution in [2.75, 3.05) is 5.32 Å². The molecule has 0 radical (unpaired) electrons. The number of nitrogens with one attached hydrogen (secondary N) is 1. The molecule has 8 heteroatoms. The molecule has 0 saturated heterocycles. The van der Waals surface area contributed by atoms with Gasteiger partial charge in [-0.25, -0.2) is 0 Å². The lowest BCUT2D eigenvalue weighted by Gasteiger charge is -2.05. The quantitative estimate of drug-likeness (QED) is 0.663. The Morgan fingerprint density at radius 2 is 2.11 bits per heavy atom. The fourth-order valence-electron chi connectivity index (χ4n) is 1.92. The largest absolute Gasteiger partial charge is 0.406 e. The molecule has 2 rings (SSSR count). The van der Waals surface area contributed by atoms with Crippen LogP contribution in [-0.2, 0) is 20.6 Å². The highest BCUT2D eigenvalue weighted by molar-refractivity contribution is 5.53. The summed E-state index contributed by atoms with van der Waals surface area (Å²) in [6.07, 6.45) is 1.89. The fraction of sp³-hybridized carbons (Fsp3) is 0.455. The Hall–Kier alpha value is -2.38. The highest BCUT2D eigenvalue weighted by Gasteiger charge is 2.23. The van der Waals surface area contributed by atoms with Crippen molar-refractivity contribution in [1.29, 1.82) is 0 Å². The summed E-state index contributed by atoms with van der Waals surface area (Å²) in [6.45, 7) is 4.10. The van der Waals surface area contributed by atoms with Gasteiger partial charge in [0.1, 0.15) is 0 Å². The Kier molecular flexibility index (Phi) is 3.24. The number of aryl methyl sites for hydroxylation is 3. The molecule has 0 bridgehead atoms. The van der Waals surface area contributed by atoms with E-state index in [-0.39, 0.29) is 5.82 Å². The fourth-order valence-corrected chi connectivity index (χ4v) is 1.92. The number of imidazole rings is 1. The lowest BCUT2D eigenvalue weighted by atomic mass is 10.2. The van der Waals surface area contributed by atoms with Crippen LogP contribution in [0.15, 0.2) is 6.20 Å². The third-order valence-electron chi connectivity index (χ3n) is 3.03. The number of hydrogen-bond acceptors (Lipinski definition) is 5. The Morgan fingerprint density at radius 1 is 1.42 bits per heavy atom. The van der Waals surface area contributed by atoms with Crippen molar-refractivity contribution in [3.63, 3.8) is 0 Å². The second kappa shape index (κ2) is 4.71. The number of nitro groups is 1. The van der Waals surface area contributed by atoms with Crippen molar-refractivity contribution in [3.8, 4) is 0 Å². The van der Waals surface area contributed by atoms with Crippen LogP contribution in [0.1, 0.15) is 17.1 Å². The van der Waals surface area contributed by atoms with Gasteiger partial charge < -0.3 is 15.4 Å². The molecule has 0 aliphatic heterocycles. The van der Waals surface area contributed by atoms with Crippen LogP contribution in [-0.4, -0.2) is 24.3 Å².